The number of rotatable bonds is 6. The Labute approximate surface area is 146 Å². The summed E-state index contributed by atoms with van der Waals surface area (Å²) in [5.74, 6) is -10.1. The zero-order valence-corrected chi connectivity index (χ0v) is 14.8. The van der Waals surface area contributed by atoms with Crippen LogP contribution in [0, 0.1) is 39.2 Å². The van der Waals surface area contributed by atoms with Crippen LogP contribution in [0.25, 0.3) is 0 Å². The van der Waals surface area contributed by atoms with Gasteiger partial charge in [0.1, 0.15) is 0 Å². The molecule has 2 aromatic carbocycles. The summed E-state index contributed by atoms with van der Waals surface area (Å²) in [6, 6.07) is 5.85. The molecule has 0 aromatic heterocycles. The summed E-state index contributed by atoms with van der Waals surface area (Å²) in [6.45, 7) is 2.39. The summed E-state index contributed by atoms with van der Waals surface area (Å²) < 4.78 is 73.3. The highest BCUT2D eigenvalue weighted by atomic mass is 28.4. The standard InChI is InChI=1S/C16H14F5NO3Si/c1-26(2,16-14(20)12(18)11(17)13(19)15(16)21)25-8-7-9-5-3-4-6-10(9)22(23)24/h3-6H,7-8H2,1-2H3. The van der Waals surface area contributed by atoms with E-state index in [1.54, 1.807) is 6.07 Å². The molecule has 0 aliphatic rings. The molecule has 10 heteroatoms. The molecule has 0 radical (unpaired) electrons. The maximum Gasteiger partial charge on any atom is 0.272 e. The maximum atomic E-state index is 14.0. The van der Waals surface area contributed by atoms with Crippen LogP contribution < -0.4 is 5.19 Å². The molecule has 0 N–H and O–H groups in total. The highest BCUT2D eigenvalue weighted by Crippen LogP contribution is 2.22. The summed E-state index contributed by atoms with van der Waals surface area (Å²) in [4.78, 5) is 10.4. The van der Waals surface area contributed by atoms with Gasteiger partial charge in [0.25, 0.3) is 5.69 Å². The highest BCUT2D eigenvalue weighted by Gasteiger charge is 2.38. The van der Waals surface area contributed by atoms with Crippen molar-refractivity contribution < 1.29 is 31.3 Å². The van der Waals surface area contributed by atoms with Crippen LogP contribution in [-0.2, 0) is 10.8 Å². The lowest BCUT2D eigenvalue weighted by Crippen LogP contribution is -2.50. The Kier molecular flexibility index (Phi) is 5.76. The molecule has 0 saturated carbocycles. The Morgan fingerprint density at radius 2 is 1.46 bits per heavy atom. The van der Waals surface area contributed by atoms with Crippen LogP contribution in [0.3, 0.4) is 0 Å². The van der Waals surface area contributed by atoms with Crippen molar-refractivity contribution in [2.24, 2.45) is 0 Å². The van der Waals surface area contributed by atoms with Crippen LogP contribution in [-0.4, -0.2) is 19.8 Å². The molecule has 4 nitrogen and oxygen atoms in total. The average Bonchev–Trinajstić information content (AvgIpc) is 2.58. The molecule has 0 aliphatic carbocycles. The maximum absolute atomic E-state index is 14.0. The van der Waals surface area contributed by atoms with Crippen molar-refractivity contribution >= 4 is 19.2 Å². The van der Waals surface area contributed by atoms with Gasteiger partial charge in [0.15, 0.2) is 23.3 Å². The first-order valence-corrected chi connectivity index (χ1v) is 10.4. The van der Waals surface area contributed by atoms with E-state index in [9.17, 15) is 32.1 Å². The lowest BCUT2D eigenvalue weighted by molar-refractivity contribution is -0.385. The van der Waals surface area contributed by atoms with Crippen LogP contribution in [0.2, 0.25) is 13.1 Å². The fourth-order valence-electron chi connectivity index (χ4n) is 2.52. The van der Waals surface area contributed by atoms with Crippen molar-refractivity contribution in [2.75, 3.05) is 6.61 Å². The minimum absolute atomic E-state index is 0.0446. The molecular formula is C16H14F5NO3Si. The molecule has 0 aliphatic heterocycles. The van der Waals surface area contributed by atoms with E-state index in [-0.39, 0.29) is 18.7 Å². The van der Waals surface area contributed by atoms with E-state index in [0.717, 1.165) is 0 Å². The molecule has 0 heterocycles. The van der Waals surface area contributed by atoms with Crippen molar-refractivity contribution in [1.82, 2.24) is 0 Å². The van der Waals surface area contributed by atoms with E-state index in [0.29, 0.717) is 5.56 Å². The van der Waals surface area contributed by atoms with E-state index in [1.165, 1.54) is 31.3 Å². The lowest BCUT2D eigenvalue weighted by Gasteiger charge is -2.24. The minimum atomic E-state index is -3.52. The van der Waals surface area contributed by atoms with Gasteiger partial charge in [-0.15, -0.1) is 0 Å². The molecular weight excluding hydrogens is 377 g/mol. The van der Waals surface area contributed by atoms with Crippen molar-refractivity contribution in [1.29, 1.82) is 0 Å². The van der Waals surface area contributed by atoms with Gasteiger partial charge in [-0.25, -0.2) is 22.0 Å². The first-order chi connectivity index (χ1) is 12.1. The van der Waals surface area contributed by atoms with Gasteiger partial charge in [0.2, 0.25) is 14.1 Å². The van der Waals surface area contributed by atoms with Gasteiger partial charge in [-0.2, -0.15) is 0 Å². The van der Waals surface area contributed by atoms with Crippen molar-refractivity contribution in [2.45, 2.75) is 19.5 Å². The summed E-state index contributed by atoms with van der Waals surface area (Å²) in [7, 11) is -3.52. The molecule has 0 amide bonds. The predicted octanol–water partition coefficient (Wildman–Crippen LogP) is 3.96. The predicted molar refractivity (Wildman–Crippen MR) is 86.1 cm³/mol. The van der Waals surface area contributed by atoms with E-state index in [4.69, 9.17) is 4.43 Å². The summed E-state index contributed by atoms with van der Waals surface area (Å²) >= 11 is 0. The van der Waals surface area contributed by atoms with E-state index in [2.05, 4.69) is 0 Å². The highest BCUT2D eigenvalue weighted by molar-refractivity contribution is 6.84. The third kappa shape index (κ3) is 3.75. The van der Waals surface area contributed by atoms with Gasteiger partial charge in [0.05, 0.1) is 4.92 Å². The van der Waals surface area contributed by atoms with Gasteiger partial charge in [-0.05, 0) is 13.1 Å². The number of nitrogens with zero attached hydrogens (tertiary/aromatic N) is 1. The summed E-state index contributed by atoms with van der Waals surface area (Å²) in [5.41, 5.74) is 0.187. The number of halogens is 5. The van der Waals surface area contributed by atoms with Gasteiger partial charge in [0, 0.05) is 29.8 Å². The molecule has 140 valence electrons. The third-order valence-electron chi connectivity index (χ3n) is 3.83. The fraction of sp³-hybridized carbons (Fsp3) is 0.250. The first kappa shape index (κ1) is 20.0. The molecule has 26 heavy (non-hydrogen) atoms. The van der Waals surface area contributed by atoms with Crippen LogP contribution in [0.15, 0.2) is 24.3 Å². The molecule has 0 bridgehead atoms. The molecule has 0 atom stereocenters. The van der Waals surface area contributed by atoms with Crippen LogP contribution in [0.5, 0.6) is 0 Å². The van der Waals surface area contributed by atoms with Crippen LogP contribution >= 0.6 is 0 Å². The summed E-state index contributed by atoms with van der Waals surface area (Å²) in [6.07, 6.45) is 0.0446. The minimum Gasteiger partial charge on any atom is -0.412 e. The number of hydrogen-bond donors (Lipinski definition) is 0. The Morgan fingerprint density at radius 3 is 2.00 bits per heavy atom. The van der Waals surface area contributed by atoms with Gasteiger partial charge in [-0.1, -0.05) is 18.2 Å². The lowest BCUT2D eigenvalue weighted by atomic mass is 10.1. The van der Waals surface area contributed by atoms with Crippen LogP contribution in [0.1, 0.15) is 5.56 Å². The number of nitro benzene ring substituents is 1. The Balaban J connectivity index is 2.25. The second kappa shape index (κ2) is 7.50. The molecule has 0 saturated heterocycles. The smallest absolute Gasteiger partial charge is 0.272 e. The average molecular weight is 391 g/mol. The van der Waals surface area contributed by atoms with Crippen molar-refractivity contribution in [3.05, 3.63) is 69.0 Å². The molecule has 2 rings (SSSR count). The SMILES string of the molecule is C[Si](C)(OCCc1ccccc1[N+](=O)[O-])c1c(F)c(F)c(F)c(F)c1F. The van der Waals surface area contributed by atoms with Crippen LogP contribution in [0.4, 0.5) is 27.6 Å². The largest absolute Gasteiger partial charge is 0.412 e. The normalized spacial score (nSPS) is 11.7. The monoisotopic (exact) mass is 391 g/mol. The van der Waals surface area contributed by atoms with Crippen molar-refractivity contribution in [3.8, 4) is 0 Å². The van der Waals surface area contributed by atoms with E-state index < -0.39 is 47.5 Å². The first-order valence-electron chi connectivity index (χ1n) is 7.46. The number of hydrogen-bond acceptors (Lipinski definition) is 3. The zero-order chi connectivity index (χ0) is 19.6. The third-order valence-corrected chi connectivity index (χ3v) is 6.40. The molecule has 0 spiro atoms. The summed E-state index contributed by atoms with van der Waals surface area (Å²) in [5, 5.41) is 9.99. The second-order valence-corrected chi connectivity index (χ2v) is 9.75. The van der Waals surface area contributed by atoms with Gasteiger partial charge in [-0.3, -0.25) is 10.1 Å². The number of benzene rings is 2. The van der Waals surface area contributed by atoms with Gasteiger partial charge >= 0.3 is 0 Å². The van der Waals surface area contributed by atoms with Crippen molar-refractivity contribution in [3.63, 3.8) is 0 Å². The Morgan fingerprint density at radius 1 is 0.962 bits per heavy atom. The fourth-order valence-corrected chi connectivity index (χ4v) is 4.56. The topological polar surface area (TPSA) is 52.4 Å². The Hall–Kier alpha value is -2.33. The van der Waals surface area contributed by atoms with Gasteiger partial charge < -0.3 is 4.43 Å². The molecule has 0 unspecified atom stereocenters. The Bertz CT molecular complexity index is 831. The molecule has 2 aromatic rings. The van der Waals surface area contributed by atoms with E-state index >= 15 is 0 Å². The second-order valence-electron chi connectivity index (χ2n) is 5.94. The zero-order valence-electron chi connectivity index (χ0n) is 13.8. The number of nitro groups is 1. The number of para-hydroxylation sites is 1. The molecule has 0 fully saturated rings. The van der Waals surface area contributed by atoms with E-state index in [1.807, 2.05) is 0 Å². The quantitative estimate of drug-likeness (QED) is 0.187.